The van der Waals surface area contributed by atoms with Gasteiger partial charge in [-0.15, -0.1) is 0 Å². The second-order valence-corrected chi connectivity index (χ2v) is 5.50. The Balaban J connectivity index is 2.44. The zero-order chi connectivity index (χ0) is 13.1. The molecule has 0 aromatic heterocycles. The highest BCUT2D eigenvalue weighted by Crippen LogP contribution is 2.27. The van der Waals surface area contributed by atoms with Gasteiger partial charge >= 0.3 is 0 Å². The van der Waals surface area contributed by atoms with Gasteiger partial charge in [0, 0.05) is 9.50 Å². The minimum absolute atomic E-state index is 0.0419. The van der Waals surface area contributed by atoms with Crippen molar-refractivity contribution >= 4 is 27.5 Å². The molecule has 0 bridgehead atoms. The molecule has 0 aliphatic heterocycles. The first-order valence-corrected chi connectivity index (χ1v) is 6.76. The molecule has 1 atom stereocenters. The predicted molar refractivity (Wildman–Crippen MR) is 79.5 cm³/mol. The van der Waals surface area contributed by atoms with E-state index in [4.69, 9.17) is 17.4 Å². The van der Waals surface area contributed by atoms with E-state index in [-0.39, 0.29) is 6.04 Å². The number of aryl methyl sites for hydroxylation is 1. The Kier molecular flexibility index (Phi) is 4.40. The van der Waals surface area contributed by atoms with Crippen molar-refractivity contribution in [3.8, 4) is 0 Å². The van der Waals surface area contributed by atoms with Gasteiger partial charge in [-0.1, -0.05) is 45.7 Å². The molecule has 18 heavy (non-hydrogen) atoms. The van der Waals surface area contributed by atoms with Gasteiger partial charge in [0.25, 0.3) is 0 Å². The van der Waals surface area contributed by atoms with Crippen molar-refractivity contribution in [2.24, 2.45) is 5.84 Å². The summed E-state index contributed by atoms with van der Waals surface area (Å²) in [6.07, 6.45) is 0. The Morgan fingerprint density at radius 2 is 1.83 bits per heavy atom. The Labute approximate surface area is 120 Å². The summed E-state index contributed by atoms with van der Waals surface area (Å²) >= 11 is 9.39. The molecule has 0 heterocycles. The number of halogens is 2. The molecule has 2 aromatic carbocycles. The summed E-state index contributed by atoms with van der Waals surface area (Å²) in [5, 5.41) is 0.723. The Morgan fingerprint density at radius 3 is 2.44 bits per heavy atom. The number of rotatable bonds is 3. The molecular weight excluding hydrogens is 312 g/mol. The molecule has 0 radical (unpaired) electrons. The van der Waals surface area contributed by atoms with Gasteiger partial charge in [0.05, 0.1) is 6.04 Å². The topological polar surface area (TPSA) is 38.0 Å². The molecule has 1 unspecified atom stereocenters. The van der Waals surface area contributed by atoms with Crippen LogP contribution in [0.15, 0.2) is 46.9 Å². The Bertz CT molecular complexity index is 540. The summed E-state index contributed by atoms with van der Waals surface area (Å²) < 4.78 is 1.04. The molecule has 3 N–H and O–H groups in total. The lowest BCUT2D eigenvalue weighted by Crippen LogP contribution is -2.29. The van der Waals surface area contributed by atoms with Crippen LogP contribution in [0, 0.1) is 6.92 Å². The van der Waals surface area contributed by atoms with Crippen molar-refractivity contribution in [3.05, 3.63) is 68.7 Å². The van der Waals surface area contributed by atoms with Crippen molar-refractivity contribution in [2.75, 3.05) is 0 Å². The fraction of sp³-hybridized carbons (Fsp3) is 0.143. The third-order valence-electron chi connectivity index (χ3n) is 2.92. The van der Waals surface area contributed by atoms with Crippen LogP contribution in [0.4, 0.5) is 0 Å². The van der Waals surface area contributed by atoms with E-state index >= 15 is 0 Å². The zero-order valence-corrected chi connectivity index (χ0v) is 12.3. The van der Waals surface area contributed by atoms with Crippen molar-refractivity contribution in [1.82, 2.24) is 5.43 Å². The first-order valence-electron chi connectivity index (χ1n) is 5.59. The average Bonchev–Trinajstić information content (AvgIpc) is 2.37. The van der Waals surface area contributed by atoms with Crippen molar-refractivity contribution < 1.29 is 0 Å². The summed E-state index contributed by atoms with van der Waals surface area (Å²) in [6, 6.07) is 13.8. The molecule has 0 saturated carbocycles. The first kappa shape index (κ1) is 13.6. The number of nitrogens with two attached hydrogens (primary N) is 1. The second-order valence-electron chi connectivity index (χ2n) is 4.15. The van der Waals surface area contributed by atoms with Crippen LogP contribution in [0.25, 0.3) is 0 Å². The molecule has 4 heteroatoms. The highest BCUT2D eigenvalue weighted by Gasteiger charge is 2.14. The van der Waals surface area contributed by atoms with Crippen LogP contribution < -0.4 is 11.3 Å². The molecule has 0 aliphatic rings. The normalized spacial score (nSPS) is 12.4. The standard InChI is InChI=1S/C14H14BrClN2/c1-9-2-5-11(15)8-13(9)14(18-17)10-3-6-12(16)7-4-10/h2-8,14,18H,17H2,1H3. The van der Waals surface area contributed by atoms with Gasteiger partial charge in [-0.3, -0.25) is 5.84 Å². The van der Waals surface area contributed by atoms with Crippen LogP contribution in [-0.4, -0.2) is 0 Å². The highest BCUT2D eigenvalue weighted by atomic mass is 79.9. The first-order chi connectivity index (χ1) is 8.61. The van der Waals surface area contributed by atoms with E-state index in [1.165, 1.54) is 5.56 Å². The fourth-order valence-electron chi connectivity index (χ4n) is 1.94. The number of hydrogen-bond donors (Lipinski definition) is 2. The van der Waals surface area contributed by atoms with Gasteiger partial charge in [-0.25, -0.2) is 5.43 Å². The third kappa shape index (κ3) is 2.93. The number of benzene rings is 2. The lowest BCUT2D eigenvalue weighted by Gasteiger charge is -2.19. The molecular formula is C14H14BrClN2. The molecule has 94 valence electrons. The highest BCUT2D eigenvalue weighted by molar-refractivity contribution is 9.10. The molecule has 2 rings (SSSR count). The van der Waals surface area contributed by atoms with Crippen LogP contribution >= 0.6 is 27.5 Å². The van der Waals surface area contributed by atoms with Crippen LogP contribution in [0.2, 0.25) is 5.02 Å². The van der Waals surface area contributed by atoms with E-state index in [1.807, 2.05) is 30.3 Å². The smallest absolute Gasteiger partial charge is 0.0713 e. The summed E-state index contributed by atoms with van der Waals surface area (Å²) in [6.45, 7) is 2.07. The number of hydrogen-bond acceptors (Lipinski definition) is 2. The van der Waals surface area contributed by atoms with E-state index in [2.05, 4.69) is 40.4 Å². The predicted octanol–water partition coefficient (Wildman–Crippen LogP) is 3.96. The van der Waals surface area contributed by atoms with Crippen molar-refractivity contribution in [2.45, 2.75) is 13.0 Å². The van der Waals surface area contributed by atoms with Gasteiger partial charge in [-0.05, 0) is 47.9 Å². The quantitative estimate of drug-likeness (QED) is 0.662. The molecule has 0 aliphatic carbocycles. The van der Waals surface area contributed by atoms with Gasteiger partial charge in [0.2, 0.25) is 0 Å². The van der Waals surface area contributed by atoms with Gasteiger partial charge < -0.3 is 0 Å². The largest absolute Gasteiger partial charge is 0.271 e. The molecule has 0 fully saturated rings. The van der Waals surface area contributed by atoms with E-state index in [0.29, 0.717) is 0 Å². The molecule has 0 spiro atoms. The summed E-state index contributed by atoms with van der Waals surface area (Å²) in [5.41, 5.74) is 6.28. The fourth-order valence-corrected chi connectivity index (χ4v) is 2.45. The SMILES string of the molecule is Cc1ccc(Br)cc1C(NN)c1ccc(Cl)cc1. The molecule has 2 aromatic rings. The maximum Gasteiger partial charge on any atom is 0.0713 e. The lowest BCUT2D eigenvalue weighted by molar-refractivity contribution is 0.633. The van der Waals surface area contributed by atoms with Gasteiger partial charge in [0.1, 0.15) is 0 Å². The van der Waals surface area contributed by atoms with E-state index in [0.717, 1.165) is 20.6 Å². The minimum Gasteiger partial charge on any atom is -0.271 e. The second kappa shape index (κ2) is 5.85. The molecule has 0 saturated heterocycles. The zero-order valence-electron chi connectivity index (χ0n) is 9.95. The summed E-state index contributed by atoms with van der Waals surface area (Å²) in [7, 11) is 0. The summed E-state index contributed by atoms with van der Waals surface area (Å²) in [4.78, 5) is 0. The lowest BCUT2D eigenvalue weighted by atomic mass is 9.96. The van der Waals surface area contributed by atoms with Gasteiger partial charge in [-0.2, -0.15) is 0 Å². The van der Waals surface area contributed by atoms with Crippen molar-refractivity contribution in [1.29, 1.82) is 0 Å². The van der Waals surface area contributed by atoms with Crippen LogP contribution in [0.3, 0.4) is 0 Å². The molecule has 2 nitrogen and oxygen atoms in total. The number of nitrogens with one attached hydrogen (secondary N) is 1. The Hall–Kier alpha value is -0.870. The number of hydrazine groups is 1. The average molecular weight is 326 g/mol. The van der Waals surface area contributed by atoms with Gasteiger partial charge in [0.15, 0.2) is 0 Å². The minimum atomic E-state index is -0.0419. The van der Waals surface area contributed by atoms with Crippen LogP contribution in [0.1, 0.15) is 22.7 Å². The van der Waals surface area contributed by atoms with Crippen molar-refractivity contribution in [3.63, 3.8) is 0 Å². The third-order valence-corrected chi connectivity index (χ3v) is 3.67. The van der Waals surface area contributed by atoms with E-state index in [1.54, 1.807) is 0 Å². The Morgan fingerprint density at radius 1 is 1.17 bits per heavy atom. The molecule has 0 amide bonds. The van der Waals surface area contributed by atoms with Crippen LogP contribution in [-0.2, 0) is 0 Å². The van der Waals surface area contributed by atoms with E-state index < -0.39 is 0 Å². The summed E-state index contributed by atoms with van der Waals surface area (Å²) in [5.74, 6) is 5.70. The van der Waals surface area contributed by atoms with E-state index in [9.17, 15) is 0 Å². The monoisotopic (exact) mass is 324 g/mol. The maximum atomic E-state index is 5.90. The maximum absolute atomic E-state index is 5.90. The van der Waals surface area contributed by atoms with Crippen LogP contribution in [0.5, 0.6) is 0 Å².